The molecule has 0 saturated carbocycles. The first-order valence-corrected chi connectivity index (χ1v) is 9.44. The van der Waals surface area contributed by atoms with Gasteiger partial charge < -0.3 is 15.2 Å². The van der Waals surface area contributed by atoms with Crippen molar-refractivity contribution >= 4 is 29.2 Å². The van der Waals surface area contributed by atoms with E-state index in [1.54, 1.807) is 32.4 Å². The highest BCUT2D eigenvalue weighted by atomic mass is 19.1. The Labute approximate surface area is 178 Å². The second-order valence-electron chi connectivity index (χ2n) is 6.58. The van der Waals surface area contributed by atoms with Crippen LogP contribution < -0.4 is 25.0 Å². The van der Waals surface area contributed by atoms with E-state index in [-0.39, 0.29) is 24.6 Å². The van der Waals surface area contributed by atoms with Gasteiger partial charge in [0.15, 0.2) is 23.1 Å². The van der Waals surface area contributed by atoms with Gasteiger partial charge in [-0.1, -0.05) is 0 Å². The Hall–Kier alpha value is -3.69. The molecule has 0 saturated heterocycles. The molecule has 2 amide bonds. The van der Waals surface area contributed by atoms with Crippen molar-refractivity contribution in [3.63, 3.8) is 0 Å². The largest absolute Gasteiger partial charge is 0.493 e. The number of halogens is 2. The number of methoxy groups -OCH3 is 2. The summed E-state index contributed by atoms with van der Waals surface area (Å²) in [6.07, 6.45) is 4.46. The van der Waals surface area contributed by atoms with Crippen LogP contribution >= 0.6 is 0 Å². The number of amides is 2. The number of allylic oxidation sites excluding steroid dienone is 1. The van der Waals surface area contributed by atoms with Crippen LogP contribution in [-0.4, -0.2) is 45.0 Å². The summed E-state index contributed by atoms with van der Waals surface area (Å²) in [6.45, 7) is 1.93. The fourth-order valence-corrected chi connectivity index (χ4v) is 3.41. The van der Waals surface area contributed by atoms with E-state index in [9.17, 15) is 4.79 Å². The Kier molecular flexibility index (Phi) is 6.38. The maximum Gasteiger partial charge on any atom is 0.329 e. The number of carbonyl (C=O) groups excluding carboxylic acids is 1. The van der Waals surface area contributed by atoms with Gasteiger partial charge in [-0.3, -0.25) is 19.8 Å². The van der Waals surface area contributed by atoms with E-state index in [1.165, 1.54) is 25.3 Å². The minimum Gasteiger partial charge on any atom is -0.493 e. The molecule has 1 aliphatic heterocycles. The normalized spacial score (nSPS) is 14.3. The van der Waals surface area contributed by atoms with E-state index in [1.807, 2.05) is 0 Å². The van der Waals surface area contributed by atoms with Crippen LogP contribution in [0.1, 0.15) is 18.2 Å². The Morgan fingerprint density at radius 1 is 1.26 bits per heavy atom. The average Bonchev–Trinajstić information content (AvgIpc) is 2.78. The van der Waals surface area contributed by atoms with Crippen molar-refractivity contribution < 1.29 is 23.0 Å². The van der Waals surface area contributed by atoms with Gasteiger partial charge in [-0.2, -0.15) is 0 Å². The molecule has 0 aliphatic carbocycles. The second-order valence-corrected chi connectivity index (χ2v) is 6.58. The summed E-state index contributed by atoms with van der Waals surface area (Å²) in [5.74, 6) is -2.46. The summed E-state index contributed by atoms with van der Waals surface area (Å²) in [6, 6.07) is 2.20. The number of hydrogen-bond donors (Lipinski definition) is 1. The van der Waals surface area contributed by atoms with Gasteiger partial charge in [0, 0.05) is 49.4 Å². The van der Waals surface area contributed by atoms with E-state index in [4.69, 9.17) is 15.2 Å². The molecule has 1 aromatic carbocycles. The zero-order chi connectivity index (χ0) is 22.7. The molecule has 164 valence electrons. The van der Waals surface area contributed by atoms with E-state index < -0.39 is 23.4 Å². The molecular weight excluding hydrogens is 408 g/mol. The topological polar surface area (TPSA) is 93.3 Å². The number of carbonyl (C=O) groups is 1. The van der Waals surface area contributed by atoms with Gasteiger partial charge in [0.2, 0.25) is 0 Å². The first-order valence-electron chi connectivity index (χ1n) is 9.44. The van der Waals surface area contributed by atoms with Crippen molar-refractivity contribution in [3.8, 4) is 11.5 Å². The molecule has 10 heteroatoms. The average molecular weight is 431 g/mol. The number of aromatic nitrogens is 1. The summed E-state index contributed by atoms with van der Waals surface area (Å²) in [7, 11) is 4.10. The molecule has 1 aromatic heterocycles. The fraction of sp³-hybridized carbons (Fsp3) is 0.286. The third-order valence-corrected chi connectivity index (χ3v) is 4.92. The molecule has 0 bridgehead atoms. The Morgan fingerprint density at radius 2 is 1.90 bits per heavy atom. The van der Waals surface area contributed by atoms with Gasteiger partial charge >= 0.3 is 6.03 Å². The molecule has 0 atom stereocenters. The number of pyridine rings is 1. The molecule has 0 unspecified atom stereocenters. The first kappa shape index (κ1) is 22.0. The van der Waals surface area contributed by atoms with Crippen molar-refractivity contribution in [1.82, 2.24) is 4.98 Å². The van der Waals surface area contributed by atoms with Crippen molar-refractivity contribution in [2.45, 2.75) is 13.5 Å². The molecule has 0 radical (unpaired) electrons. The van der Waals surface area contributed by atoms with Crippen LogP contribution in [0.4, 0.5) is 25.0 Å². The third kappa shape index (κ3) is 3.76. The zero-order valence-electron chi connectivity index (χ0n) is 17.6. The van der Waals surface area contributed by atoms with Crippen LogP contribution in [-0.2, 0) is 6.54 Å². The van der Waals surface area contributed by atoms with E-state index >= 15 is 8.78 Å². The van der Waals surface area contributed by atoms with Crippen molar-refractivity contribution in [2.75, 3.05) is 37.6 Å². The van der Waals surface area contributed by atoms with E-state index in [0.29, 0.717) is 22.5 Å². The summed E-state index contributed by atoms with van der Waals surface area (Å²) in [4.78, 5) is 24.0. The van der Waals surface area contributed by atoms with Crippen LogP contribution in [0.25, 0.3) is 5.57 Å². The lowest BCUT2D eigenvalue weighted by molar-refractivity contribution is 0.249. The summed E-state index contributed by atoms with van der Waals surface area (Å²) in [5, 5.41) is 0. The Morgan fingerprint density at radius 3 is 2.42 bits per heavy atom. The number of hydrogen-bond acceptors (Lipinski definition) is 6. The molecule has 0 spiro atoms. The van der Waals surface area contributed by atoms with E-state index in [0.717, 1.165) is 11.0 Å². The van der Waals surface area contributed by atoms with Gasteiger partial charge in [0.25, 0.3) is 0 Å². The standard InChI is InChI=1S/C21H23F2N5O3/c1-5-27-15-6-14(12(8-24)9-25-2)26-10-13(15)11-28(21(27)29)20-18(22)16(30-3)7-17(31-4)19(20)23/h6-10H,5,11,24H2,1-4H3. The lowest BCUT2D eigenvalue weighted by atomic mass is 10.1. The van der Waals surface area contributed by atoms with Gasteiger partial charge in [0.05, 0.1) is 32.1 Å². The fourth-order valence-electron chi connectivity index (χ4n) is 3.41. The lowest BCUT2D eigenvalue weighted by Crippen LogP contribution is -2.48. The zero-order valence-corrected chi connectivity index (χ0v) is 17.6. The Bertz CT molecular complexity index is 1040. The maximum absolute atomic E-state index is 15.0. The molecule has 31 heavy (non-hydrogen) atoms. The molecule has 2 N–H and O–H groups in total. The second kappa shape index (κ2) is 8.99. The highest BCUT2D eigenvalue weighted by Crippen LogP contribution is 2.41. The molecule has 8 nitrogen and oxygen atoms in total. The van der Waals surface area contributed by atoms with Gasteiger partial charge in [0.1, 0.15) is 5.69 Å². The molecule has 1 aliphatic rings. The van der Waals surface area contributed by atoms with Crippen LogP contribution in [0.2, 0.25) is 0 Å². The SMILES string of the molecule is CCN1C(=O)N(c2c(F)c(OC)cc(OC)c2F)Cc2cnc(C(C=NC)=CN)cc21. The Balaban J connectivity index is 2.15. The third-order valence-electron chi connectivity index (χ3n) is 4.92. The number of rotatable bonds is 6. The monoisotopic (exact) mass is 431 g/mol. The van der Waals surface area contributed by atoms with Gasteiger partial charge in [-0.15, -0.1) is 0 Å². The minimum absolute atomic E-state index is 0.0916. The predicted octanol–water partition coefficient (Wildman–Crippen LogP) is 3.34. The van der Waals surface area contributed by atoms with Crippen LogP contribution in [0.5, 0.6) is 11.5 Å². The number of benzene rings is 1. The molecule has 2 aromatic rings. The number of nitrogens with zero attached hydrogens (tertiary/aromatic N) is 4. The van der Waals surface area contributed by atoms with E-state index in [2.05, 4.69) is 9.98 Å². The number of ether oxygens (including phenoxy) is 2. The first-order chi connectivity index (χ1) is 14.9. The van der Waals surface area contributed by atoms with Crippen LogP contribution in [0.3, 0.4) is 0 Å². The summed E-state index contributed by atoms with van der Waals surface area (Å²) >= 11 is 0. The highest BCUT2D eigenvalue weighted by molar-refractivity contribution is 6.10. The number of aliphatic imine (C=N–C) groups is 1. The van der Waals surface area contributed by atoms with Crippen LogP contribution in [0.15, 0.2) is 29.5 Å². The van der Waals surface area contributed by atoms with Crippen LogP contribution in [0, 0.1) is 11.6 Å². The maximum atomic E-state index is 15.0. The number of urea groups is 1. The van der Waals surface area contributed by atoms with Gasteiger partial charge in [-0.25, -0.2) is 13.6 Å². The number of anilines is 2. The minimum atomic E-state index is -0.995. The quantitative estimate of drug-likeness (QED) is 0.708. The lowest BCUT2D eigenvalue weighted by Gasteiger charge is -2.37. The molecular formula is C21H23F2N5O3. The summed E-state index contributed by atoms with van der Waals surface area (Å²) < 4.78 is 40.0. The van der Waals surface area contributed by atoms with Crippen molar-refractivity contribution in [2.24, 2.45) is 10.7 Å². The predicted molar refractivity (Wildman–Crippen MR) is 115 cm³/mol. The molecule has 3 rings (SSSR count). The van der Waals surface area contributed by atoms with Gasteiger partial charge in [-0.05, 0) is 13.0 Å². The number of nitrogens with two attached hydrogens (primary N) is 1. The molecule has 2 heterocycles. The van der Waals surface area contributed by atoms with Crippen molar-refractivity contribution in [1.29, 1.82) is 0 Å². The smallest absolute Gasteiger partial charge is 0.329 e. The van der Waals surface area contributed by atoms with Crippen molar-refractivity contribution in [3.05, 3.63) is 47.4 Å². The molecule has 0 fully saturated rings. The highest BCUT2D eigenvalue weighted by Gasteiger charge is 2.36. The number of fused-ring (bicyclic) bond motifs is 1. The summed E-state index contributed by atoms with van der Waals surface area (Å²) in [5.41, 5.74) is 7.39.